The standard InChI is InChI=1S/C29H29N3O3S/c1-21(33)30-18-7-8-22-13-15-24(16-14-22)26-20-36-29(31-26)32-28(34)17-19-35-27-12-6-5-11-25(27)23-9-3-2-4-10-23/h2-6,9-16,20H,7-8,17-19H2,1H3,(H,30,33)(H,31,32,34). The van der Waals surface area contributed by atoms with Gasteiger partial charge >= 0.3 is 0 Å². The average Bonchev–Trinajstić information content (AvgIpc) is 3.36. The molecule has 0 atom stereocenters. The lowest BCUT2D eigenvalue weighted by Gasteiger charge is -2.11. The van der Waals surface area contributed by atoms with E-state index in [4.69, 9.17) is 4.74 Å². The number of carbonyl (C=O) groups excluding carboxylic acids is 2. The molecule has 0 bridgehead atoms. The lowest BCUT2D eigenvalue weighted by Crippen LogP contribution is -2.21. The first-order valence-corrected chi connectivity index (χ1v) is 12.8. The summed E-state index contributed by atoms with van der Waals surface area (Å²) >= 11 is 1.40. The number of nitrogens with zero attached hydrogens (tertiary/aromatic N) is 1. The number of benzene rings is 3. The van der Waals surface area contributed by atoms with Gasteiger partial charge in [0.2, 0.25) is 11.8 Å². The molecule has 0 saturated heterocycles. The number of nitrogens with one attached hydrogen (secondary N) is 2. The first kappa shape index (κ1) is 25.1. The summed E-state index contributed by atoms with van der Waals surface area (Å²) in [5, 5.41) is 8.19. The van der Waals surface area contributed by atoms with Crippen molar-refractivity contribution < 1.29 is 14.3 Å². The van der Waals surface area contributed by atoms with Gasteiger partial charge < -0.3 is 15.4 Å². The third-order valence-corrected chi connectivity index (χ3v) is 6.33. The molecule has 4 aromatic rings. The number of carbonyl (C=O) groups is 2. The van der Waals surface area contributed by atoms with Gasteiger partial charge in [0.05, 0.1) is 18.7 Å². The van der Waals surface area contributed by atoms with Crippen molar-refractivity contribution in [2.75, 3.05) is 18.5 Å². The third-order valence-electron chi connectivity index (χ3n) is 5.57. The minimum atomic E-state index is -0.136. The van der Waals surface area contributed by atoms with E-state index in [0.29, 0.717) is 11.7 Å². The second-order valence-electron chi connectivity index (χ2n) is 8.33. The van der Waals surface area contributed by atoms with E-state index >= 15 is 0 Å². The number of rotatable bonds is 11. The lowest BCUT2D eigenvalue weighted by molar-refractivity contribution is -0.119. The smallest absolute Gasteiger partial charge is 0.229 e. The number of amides is 2. The number of ether oxygens (including phenoxy) is 1. The minimum absolute atomic E-state index is 0.00214. The monoisotopic (exact) mass is 499 g/mol. The molecular formula is C29H29N3O3S. The van der Waals surface area contributed by atoms with Crippen LogP contribution in [0, 0.1) is 0 Å². The van der Waals surface area contributed by atoms with Crippen molar-refractivity contribution in [2.45, 2.75) is 26.2 Å². The van der Waals surface area contributed by atoms with Crippen LogP contribution in [0.25, 0.3) is 22.4 Å². The fourth-order valence-electron chi connectivity index (χ4n) is 3.75. The highest BCUT2D eigenvalue weighted by molar-refractivity contribution is 7.14. The van der Waals surface area contributed by atoms with Gasteiger partial charge in [-0.1, -0.05) is 72.8 Å². The second kappa shape index (κ2) is 12.7. The highest BCUT2D eigenvalue weighted by atomic mass is 32.1. The maximum atomic E-state index is 12.5. The van der Waals surface area contributed by atoms with Crippen molar-refractivity contribution >= 4 is 28.3 Å². The van der Waals surface area contributed by atoms with Crippen LogP contribution in [-0.2, 0) is 16.0 Å². The van der Waals surface area contributed by atoms with E-state index < -0.39 is 0 Å². The van der Waals surface area contributed by atoms with Crippen LogP contribution in [0.1, 0.15) is 25.3 Å². The molecule has 2 N–H and O–H groups in total. The van der Waals surface area contributed by atoms with Gasteiger partial charge in [0, 0.05) is 30.0 Å². The van der Waals surface area contributed by atoms with E-state index in [9.17, 15) is 9.59 Å². The molecule has 0 saturated carbocycles. The molecule has 184 valence electrons. The van der Waals surface area contributed by atoms with Crippen molar-refractivity contribution in [1.82, 2.24) is 10.3 Å². The maximum Gasteiger partial charge on any atom is 0.229 e. The predicted molar refractivity (Wildman–Crippen MR) is 145 cm³/mol. The van der Waals surface area contributed by atoms with E-state index in [1.165, 1.54) is 23.8 Å². The van der Waals surface area contributed by atoms with Crippen molar-refractivity contribution in [2.24, 2.45) is 0 Å². The van der Waals surface area contributed by atoms with E-state index in [2.05, 4.69) is 27.8 Å². The molecule has 36 heavy (non-hydrogen) atoms. The molecule has 0 aliphatic heterocycles. The minimum Gasteiger partial charge on any atom is -0.492 e. The maximum absolute atomic E-state index is 12.5. The Morgan fingerprint density at radius 3 is 2.44 bits per heavy atom. The van der Waals surface area contributed by atoms with Crippen molar-refractivity contribution in [1.29, 1.82) is 0 Å². The van der Waals surface area contributed by atoms with E-state index in [1.54, 1.807) is 0 Å². The molecule has 1 aromatic heterocycles. The molecule has 0 aliphatic carbocycles. The van der Waals surface area contributed by atoms with Crippen LogP contribution in [0.2, 0.25) is 0 Å². The fraction of sp³-hybridized carbons (Fsp3) is 0.207. The Kier molecular flexibility index (Phi) is 8.83. The topological polar surface area (TPSA) is 80.3 Å². The zero-order valence-electron chi connectivity index (χ0n) is 20.2. The summed E-state index contributed by atoms with van der Waals surface area (Å²) in [5.74, 6) is 0.617. The van der Waals surface area contributed by atoms with Gasteiger partial charge in [-0.2, -0.15) is 0 Å². The van der Waals surface area contributed by atoms with Gasteiger partial charge in [0.15, 0.2) is 5.13 Å². The van der Waals surface area contributed by atoms with Crippen molar-refractivity contribution in [3.05, 3.63) is 89.8 Å². The lowest BCUT2D eigenvalue weighted by atomic mass is 10.1. The summed E-state index contributed by atoms with van der Waals surface area (Å²) in [7, 11) is 0. The number of hydrogen-bond acceptors (Lipinski definition) is 5. The number of aryl methyl sites for hydroxylation is 1. The normalized spacial score (nSPS) is 10.6. The Hall–Kier alpha value is -3.97. The molecule has 3 aromatic carbocycles. The Morgan fingerprint density at radius 1 is 0.917 bits per heavy atom. The highest BCUT2D eigenvalue weighted by Crippen LogP contribution is 2.30. The Labute approximate surface area is 215 Å². The molecule has 0 radical (unpaired) electrons. The van der Waals surface area contributed by atoms with Crippen LogP contribution in [0.5, 0.6) is 5.75 Å². The number of para-hydroxylation sites is 1. The first-order chi connectivity index (χ1) is 17.6. The number of anilines is 1. The van der Waals surface area contributed by atoms with Crippen LogP contribution in [0.3, 0.4) is 0 Å². The van der Waals surface area contributed by atoms with E-state index in [0.717, 1.165) is 41.0 Å². The molecular weight excluding hydrogens is 470 g/mol. The Balaban J connectivity index is 1.25. The SMILES string of the molecule is CC(=O)NCCCc1ccc(-c2csc(NC(=O)CCOc3ccccc3-c3ccccc3)n2)cc1. The molecule has 2 amide bonds. The zero-order valence-corrected chi connectivity index (χ0v) is 21.0. The first-order valence-electron chi connectivity index (χ1n) is 11.9. The van der Waals surface area contributed by atoms with Crippen LogP contribution in [0.15, 0.2) is 84.2 Å². The quantitative estimate of drug-likeness (QED) is 0.250. The molecule has 0 spiro atoms. The van der Waals surface area contributed by atoms with Gasteiger partial charge in [-0.15, -0.1) is 11.3 Å². The largest absolute Gasteiger partial charge is 0.492 e. The van der Waals surface area contributed by atoms with Crippen LogP contribution in [0.4, 0.5) is 5.13 Å². The summed E-state index contributed by atoms with van der Waals surface area (Å²) < 4.78 is 5.93. The van der Waals surface area contributed by atoms with E-state index in [-0.39, 0.29) is 24.8 Å². The Morgan fingerprint density at radius 2 is 1.67 bits per heavy atom. The van der Waals surface area contributed by atoms with Gasteiger partial charge in [-0.3, -0.25) is 9.59 Å². The summed E-state index contributed by atoms with van der Waals surface area (Å²) in [6.07, 6.45) is 2.02. The second-order valence-corrected chi connectivity index (χ2v) is 9.19. The summed E-state index contributed by atoms with van der Waals surface area (Å²) in [6.45, 7) is 2.48. The predicted octanol–water partition coefficient (Wildman–Crippen LogP) is 5.95. The van der Waals surface area contributed by atoms with Crippen molar-refractivity contribution in [3.8, 4) is 28.1 Å². The Bertz CT molecular complexity index is 1290. The average molecular weight is 500 g/mol. The zero-order chi connectivity index (χ0) is 25.2. The number of aromatic nitrogens is 1. The third kappa shape index (κ3) is 7.26. The molecule has 0 fully saturated rings. The molecule has 7 heteroatoms. The van der Waals surface area contributed by atoms with Gasteiger partial charge in [-0.05, 0) is 30.0 Å². The van der Waals surface area contributed by atoms with Crippen molar-refractivity contribution in [3.63, 3.8) is 0 Å². The summed E-state index contributed by atoms with van der Waals surface area (Å²) in [4.78, 5) is 28.0. The molecule has 1 heterocycles. The fourth-order valence-corrected chi connectivity index (χ4v) is 4.48. The molecule has 0 aliphatic rings. The van der Waals surface area contributed by atoms with Crippen LogP contribution in [-0.4, -0.2) is 29.9 Å². The highest BCUT2D eigenvalue weighted by Gasteiger charge is 2.10. The molecule has 0 unspecified atom stereocenters. The summed E-state index contributed by atoms with van der Waals surface area (Å²) in [6, 6.07) is 26.1. The van der Waals surface area contributed by atoms with Gasteiger partial charge in [0.25, 0.3) is 0 Å². The molecule has 4 rings (SSSR count). The van der Waals surface area contributed by atoms with Crippen LogP contribution >= 0.6 is 11.3 Å². The summed E-state index contributed by atoms with van der Waals surface area (Å²) in [5.41, 5.74) is 5.11. The number of hydrogen-bond donors (Lipinski definition) is 2. The van der Waals surface area contributed by atoms with E-state index in [1.807, 2.05) is 72.1 Å². The van der Waals surface area contributed by atoms with Crippen LogP contribution < -0.4 is 15.4 Å². The molecule has 6 nitrogen and oxygen atoms in total. The number of thiazole rings is 1. The van der Waals surface area contributed by atoms with Gasteiger partial charge in [0.1, 0.15) is 5.75 Å². The van der Waals surface area contributed by atoms with Gasteiger partial charge in [-0.25, -0.2) is 4.98 Å².